The number of sulfone groups is 1. The number of hydrogen-bond donors (Lipinski definition) is 1. The first kappa shape index (κ1) is 20.4. The van der Waals surface area contributed by atoms with Gasteiger partial charge in [0.1, 0.15) is 6.07 Å². The van der Waals surface area contributed by atoms with Crippen LogP contribution in [-0.2, 0) is 24.2 Å². The van der Waals surface area contributed by atoms with Crippen molar-refractivity contribution in [1.82, 2.24) is 0 Å². The Labute approximate surface area is 161 Å². The lowest BCUT2D eigenvalue weighted by Gasteiger charge is -2.08. The number of carbonyl (C=O) groups is 2. The Kier molecular flexibility index (Phi) is 6.93. The lowest BCUT2D eigenvalue weighted by molar-refractivity contribution is -0.146. The average molecular weight is 407 g/mol. The van der Waals surface area contributed by atoms with Crippen molar-refractivity contribution >= 4 is 39.0 Å². The van der Waals surface area contributed by atoms with Gasteiger partial charge < -0.3 is 10.1 Å². The molecule has 27 heavy (non-hydrogen) atoms. The Morgan fingerprint density at radius 1 is 1.15 bits per heavy atom. The first-order valence-corrected chi connectivity index (χ1v) is 9.78. The zero-order valence-electron chi connectivity index (χ0n) is 14.0. The number of carbonyl (C=O) groups excluding carboxylic acids is 2. The molecule has 0 atom stereocenters. The number of nitrogens with one attached hydrogen (secondary N) is 1. The normalized spacial score (nSPS) is 10.7. The van der Waals surface area contributed by atoms with Gasteiger partial charge in [0.05, 0.1) is 28.3 Å². The lowest BCUT2D eigenvalue weighted by atomic mass is 10.2. The van der Waals surface area contributed by atoms with Crippen molar-refractivity contribution in [3.63, 3.8) is 0 Å². The minimum Gasteiger partial charge on any atom is -0.456 e. The molecular formula is C18H15ClN2O5S. The molecule has 0 fully saturated rings. The highest BCUT2D eigenvalue weighted by Gasteiger charge is 2.17. The Balaban J connectivity index is 1.85. The van der Waals surface area contributed by atoms with Crippen molar-refractivity contribution in [3.05, 3.63) is 59.1 Å². The maximum absolute atomic E-state index is 12.1. The highest BCUT2D eigenvalue weighted by molar-refractivity contribution is 7.91. The van der Waals surface area contributed by atoms with Crippen molar-refractivity contribution in [2.24, 2.45) is 0 Å². The van der Waals surface area contributed by atoms with Crippen LogP contribution in [0.2, 0.25) is 5.02 Å². The smallest absolute Gasteiger partial charge is 0.307 e. The summed E-state index contributed by atoms with van der Waals surface area (Å²) in [5.74, 6) is -1.92. The lowest BCUT2D eigenvalue weighted by Crippen LogP contribution is -2.22. The van der Waals surface area contributed by atoms with Crippen LogP contribution in [0, 0.1) is 11.3 Å². The van der Waals surface area contributed by atoms with Gasteiger partial charge in [0.25, 0.3) is 5.91 Å². The summed E-state index contributed by atoms with van der Waals surface area (Å²) < 4.78 is 29.0. The summed E-state index contributed by atoms with van der Waals surface area (Å²) in [5, 5.41) is 11.7. The second-order valence-corrected chi connectivity index (χ2v) is 7.94. The van der Waals surface area contributed by atoms with Crippen LogP contribution in [0.15, 0.2) is 53.4 Å². The van der Waals surface area contributed by atoms with E-state index in [0.717, 1.165) is 0 Å². The standard InChI is InChI=1S/C18H15ClN2O5S/c19-14-7-6-13(11-20)16(10-14)21-17(22)12-26-18(23)8-9-27(24,25)15-4-2-1-3-5-15/h1-7,10H,8-9,12H2,(H,21,22). The van der Waals surface area contributed by atoms with Gasteiger partial charge in [-0.25, -0.2) is 8.42 Å². The highest BCUT2D eigenvalue weighted by atomic mass is 35.5. The molecule has 1 amide bonds. The van der Waals surface area contributed by atoms with Gasteiger partial charge in [-0.2, -0.15) is 5.26 Å². The van der Waals surface area contributed by atoms with Crippen molar-refractivity contribution < 1.29 is 22.7 Å². The van der Waals surface area contributed by atoms with E-state index in [0.29, 0.717) is 5.02 Å². The summed E-state index contributed by atoms with van der Waals surface area (Å²) in [6.45, 7) is -0.610. The summed E-state index contributed by atoms with van der Waals surface area (Å²) in [6.07, 6.45) is -0.384. The molecule has 0 heterocycles. The van der Waals surface area contributed by atoms with Crippen LogP contribution in [0.5, 0.6) is 0 Å². The summed E-state index contributed by atoms with van der Waals surface area (Å²) in [5.41, 5.74) is 0.394. The van der Waals surface area contributed by atoms with Crippen molar-refractivity contribution in [2.45, 2.75) is 11.3 Å². The van der Waals surface area contributed by atoms with E-state index in [9.17, 15) is 18.0 Å². The fourth-order valence-corrected chi connectivity index (χ4v) is 3.50. The van der Waals surface area contributed by atoms with Gasteiger partial charge in [0, 0.05) is 5.02 Å². The number of nitriles is 1. The van der Waals surface area contributed by atoms with Gasteiger partial charge in [-0.15, -0.1) is 0 Å². The largest absolute Gasteiger partial charge is 0.456 e. The Morgan fingerprint density at radius 2 is 1.85 bits per heavy atom. The van der Waals surface area contributed by atoms with Gasteiger partial charge in [0.2, 0.25) is 0 Å². The third kappa shape index (κ3) is 6.09. The Morgan fingerprint density at radius 3 is 2.52 bits per heavy atom. The molecule has 2 aromatic rings. The van der Waals surface area contributed by atoms with E-state index >= 15 is 0 Å². The zero-order chi connectivity index (χ0) is 19.9. The molecule has 0 saturated heterocycles. The van der Waals surface area contributed by atoms with E-state index in [1.807, 2.05) is 6.07 Å². The van der Waals surface area contributed by atoms with Crippen LogP contribution >= 0.6 is 11.6 Å². The molecular weight excluding hydrogens is 392 g/mol. The molecule has 0 spiro atoms. The fourth-order valence-electron chi connectivity index (χ4n) is 2.09. The molecule has 140 valence electrons. The second-order valence-electron chi connectivity index (χ2n) is 5.39. The topological polar surface area (TPSA) is 113 Å². The molecule has 0 aromatic heterocycles. The molecule has 0 bridgehead atoms. The van der Waals surface area contributed by atoms with Crippen molar-refractivity contribution in [2.75, 3.05) is 17.7 Å². The molecule has 9 heteroatoms. The number of ether oxygens (including phenoxy) is 1. The third-order valence-electron chi connectivity index (χ3n) is 3.42. The summed E-state index contributed by atoms with van der Waals surface area (Å²) in [4.78, 5) is 23.7. The summed E-state index contributed by atoms with van der Waals surface area (Å²) >= 11 is 5.82. The molecule has 1 N–H and O–H groups in total. The monoisotopic (exact) mass is 406 g/mol. The Bertz CT molecular complexity index is 985. The fraction of sp³-hybridized carbons (Fsp3) is 0.167. The quantitative estimate of drug-likeness (QED) is 0.707. The SMILES string of the molecule is N#Cc1ccc(Cl)cc1NC(=O)COC(=O)CCS(=O)(=O)c1ccccc1. The van der Waals surface area contributed by atoms with E-state index in [-0.39, 0.29) is 22.6 Å². The molecule has 0 unspecified atom stereocenters. The van der Waals surface area contributed by atoms with Crippen LogP contribution < -0.4 is 5.32 Å². The predicted octanol–water partition coefficient (Wildman–Crippen LogP) is 2.56. The van der Waals surface area contributed by atoms with Gasteiger partial charge in [-0.1, -0.05) is 29.8 Å². The average Bonchev–Trinajstić information content (AvgIpc) is 2.66. The summed E-state index contributed by atoms with van der Waals surface area (Å²) in [7, 11) is -3.61. The third-order valence-corrected chi connectivity index (χ3v) is 5.38. The number of halogens is 1. The van der Waals surface area contributed by atoms with E-state index < -0.39 is 34.1 Å². The molecule has 0 aliphatic carbocycles. The second kappa shape index (κ2) is 9.16. The maximum atomic E-state index is 12.1. The number of amides is 1. The number of benzene rings is 2. The maximum Gasteiger partial charge on any atom is 0.307 e. The van der Waals surface area contributed by atoms with Gasteiger partial charge in [-0.05, 0) is 30.3 Å². The molecule has 0 saturated carbocycles. The van der Waals surface area contributed by atoms with Crippen LogP contribution in [0.25, 0.3) is 0 Å². The number of anilines is 1. The predicted molar refractivity (Wildman–Crippen MR) is 98.9 cm³/mol. The summed E-state index contributed by atoms with van der Waals surface area (Å²) in [6, 6.07) is 14.0. The van der Waals surface area contributed by atoms with E-state index in [2.05, 4.69) is 5.32 Å². The van der Waals surface area contributed by atoms with Crippen LogP contribution in [0.4, 0.5) is 5.69 Å². The van der Waals surface area contributed by atoms with Gasteiger partial charge >= 0.3 is 5.97 Å². The van der Waals surface area contributed by atoms with Crippen LogP contribution in [0.3, 0.4) is 0 Å². The molecule has 0 radical (unpaired) electrons. The van der Waals surface area contributed by atoms with Crippen molar-refractivity contribution in [3.8, 4) is 6.07 Å². The van der Waals surface area contributed by atoms with Gasteiger partial charge in [0.15, 0.2) is 16.4 Å². The molecule has 2 aromatic carbocycles. The minimum absolute atomic E-state index is 0.112. The highest BCUT2D eigenvalue weighted by Crippen LogP contribution is 2.20. The van der Waals surface area contributed by atoms with E-state index in [4.69, 9.17) is 21.6 Å². The number of nitrogens with zero attached hydrogens (tertiary/aromatic N) is 1. The van der Waals surface area contributed by atoms with Gasteiger partial charge in [-0.3, -0.25) is 9.59 Å². The molecule has 2 rings (SSSR count). The van der Waals surface area contributed by atoms with Crippen molar-refractivity contribution in [1.29, 1.82) is 5.26 Å². The molecule has 0 aliphatic rings. The molecule has 0 aliphatic heterocycles. The first-order valence-electron chi connectivity index (χ1n) is 7.75. The number of esters is 1. The number of rotatable bonds is 7. The Hall–Kier alpha value is -2.89. The zero-order valence-corrected chi connectivity index (χ0v) is 15.6. The first-order chi connectivity index (χ1) is 12.8. The molecule has 7 nitrogen and oxygen atoms in total. The minimum atomic E-state index is -3.61. The van der Waals surface area contributed by atoms with E-state index in [1.54, 1.807) is 18.2 Å². The van der Waals surface area contributed by atoms with Crippen LogP contribution in [0.1, 0.15) is 12.0 Å². The number of hydrogen-bond acceptors (Lipinski definition) is 6. The van der Waals surface area contributed by atoms with Crippen LogP contribution in [-0.4, -0.2) is 32.7 Å². The van der Waals surface area contributed by atoms with E-state index in [1.165, 1.54) is 30.3 Å².